The highest BCUT2D eigenvalue weighted by atomic mass is 16.6. The monoisotopic (exact) mass is 280 g/mol. The van der Waals surface area contributed by atoms with Gasteiger partial charge in [-0.25, -0.2) is 0 Å². The molecule has 0 radical (unpaired) electrons. The minimum atomic E-state index is -0.460. The van der Waals surface area contributed by atoms with Crippen LogP contribution in [0.25, 0.3) is 0 Å². The first kappa shape index (κ1) is 14.6. The molecule has 6 heteroatoms. The molecule has 1 aromatic rings. The van der Waals surface area contributed by atoms with E-state index < -0.39 is 4.92 Å². The summed E-state index contributed by atoms with van der Waals surface area (Å²) in [6.45, 7) is 2.73. The number of nitrogens with zero attached hydrogens (tertiary/aromatic N) is 1. The van der Waals surface area contributed by atoms with Crippen LogP contribution in [-0.4, -0.2) is 31.7 Å². The lowest BCUT2D eigenvalue weighted by molar-refractivity contribution is -0.385. The third kappa shape index (κ3) is 3.84. The van der Waals surface area contributed by atoms with Crippen molar-refractivity contribution in [2.24, 2.45) is 5.92 Å². The van der Waals surface area contributed by atoms with Crippen LogP contribution in [0.4, 0.5) is 5.69 Å². The van der Waals surface area contributed by atoms with Gasteiger partial charge in [-0.1, -0.05) is 0 Å². The second kappa shape index (κ2) is 7.09. The van der Waals surface area contributed by atoms with E-state index >= 15 is 0 Å². The fraction of sp³-hybridized carbons (Fsp3) is 0.571. The molecule has 1 aliphatic rings. The normalized spacial score (nSPS) is 15.8. The maximum absolute atomic E-state index is 10.9. The van der Waals surface area contributed by atoms with Crippen LogP contribution in [0.5, 0.6) is 11.5 Å². The highest BCUT2D eigenvalue weighted by molar-refractivity contribution is 5.50. The quantitative estimate of drug-likeness (QED) is 0.639. The van der Waals surface area contributed by atoms with Crippen LogP contribution in [0.2, 0.25) is 0 Å². The van der Waals surface area contributed by atoms with Crippen LogP contribution in [0.1, 0.15) is 19.3 Å². The summed E-state index contributed by atoms with van der Waals surface area (Å²) in [4.78, 5) is 10.5. The Balaban J connectivity index is 1.89. The fourth-order valence-corrected chi connectivity index (χ4v) is 2.42. The summed E-state index contributed by atoms with van der Waals surface area (Å²) in [5.41, 5.74) is -0.0631. The van der Waals surface area contributed by atoms with Crippen LogP contribution in [0.15, 0.2) is 18.2 Å². The molecule has 0 atom stereocenters. The van der Waals surface area contributed by atoms with Gasteiger partial charge in [0.25, 0.3) is 0 Å². The Bertz CT molecular complexity index is 458. The largest absolute Gasteiger partial charge is 0.493 e. The van der Waals surface area contributed by atoms with Crippen LogP contribution in [-0.2, 0) is 0 Å². The molecule has 0 bridgehead atoms. The van der Waals surface area contributed by atoms with Gasteiger partial charge in [0.1, 0.15) is 5.75 Å². The maximum atomic E-state index is 10.9. The molecule has 20 heavy (non-hydrogen) atoms. The van der Waals surface area contributed by atoms with E-state index in [4.69, 9.17) is 9.47 Å². The Kier molecular flexibility index (Phi) is 5.17. The number of nitro groups is 1. The number of hydrogen-bond acceptors (Lipinski definition) is 5. The molecule has 0 amide bonds. The summed E-state index contributed by atoms with van der Waals surface area (Å²) in [6.07, 6.45) is 3.33. The second-order valence-corrected chi connectivity index (χ2v) is 4.92. The SMILES string of the molecule is COc1ccc(OCCC2CCNCC2)cc1[N+](=O)[O-]. The smallest absolute Gasteiger partial charge is 0.314 e. The van der Waals surface area contributed by atoms with Crippen molar-refractivity contribution >= 4 is 5.69 Å². The molecular formula is C14H20N2O4. The van der Waals surface area contributed by atoms with E-state index in [0.29, 0.717) is 18.3 Å². The summed E-state index contributed by atoms with van der Waals surface area (Å²) in [5.74, 6) is 1.46. The predicted octanol–water partition coefficient (Wildman–Crippen LogP) is 2.37. The Hall–Kier alpha value is -1.82. The summed E-state index contributed by atoms with van der Waals surface area (Å²) in [5, 5.41) is 14.2. The van der Waals surface area contributed by atoms with Crippen molar-refractivity contribution in [3.05, 3.63) is 28.3 Å². The molecule has 0 aromatic heterocycles. The number of rotatable bonds is 6. The molecule has 0 spiro atoms. The van der Waals surface area contributed by atoms with Crippen LogP contribution in [0, 0.1) is 16.0 Å². The van der Waals surface area contributed by atoms with Crippen LogP contribution >= 0.6 is 0 Å². The van der Waals surface area contributed by atoms with Crippen LogP contribution < -0.4 is 14.8 Å². The molecular weight excluding hydrogens is 260 g/mol. The first-order valence-corrected chi connectivity index (χ1v) is 6.86. The van der Waals surface area contributed by atoms with Gasteiger partial charge in [0.05, 0.1) is 24.7 Å². The van der Waals surface area contributed by atoms with Gasteiger partial charge in [0, 0.05) is 0 Å². The van der Waals surface area contributed by atoms with E-state index in [1.807, 2.05) is 0 Å². The summed E-state index contributed by atoms with van der Waals surface area (Å²) < 4.78 is 10.6. The number of nitrogens with one attached hydrogen (secondary N) is 1. The van der Waals surface area contributed by atoms with E-state index in [-0.39, 0.29) is 11.4 Å². The van der Waals surface area contributed by atoms with Crippen molar-refractivity contribution in [1.82, 2.24) is 5.32 Å². The van der Waals surface area contributed by atoms with E-state index in [1.54, 1.807) is 12.1 Å². The summed E-state index contributed by atoms with van der Waals surface area (Å²) in [6, 6.07) is 4.69. The molecule has 2 rings (SSSR count). The van der Waals surface area contributed by atoms with Crippen molar-refractivity contribution < 1.29 is 14.4 Å². The molecule has 0 unspecified atom stereocenters. The highest BCUT2D eigenvalue weighted by Crippen LogP contribution is 2.31. The maximum Gasteiger partial charge on any atom is 0.314 e. The number of hydrogen-bond donors (Lipinski definition) is 1. The molecule has 0 saturated carbocycles. The van der Waals surface area contributed by atoms with E-state index in [1.165, 1.54) is 26.0 Å². The zero-order valence-corrected chi connectivity index (χ0v) is 11.6. The van der Waals surface area contributed by atoms with Crippen molar-refractivity contribution in [3.8, 4) is 11.5 Å². The Morgan fingerprint density at radius 1 is 1.40 bits per heavy atom. The number of benzene rings is 1. The fourth-order valence-electron chi connectivity index (χ4n) is 2.42. The van der Waals surface area contributed by atoms with Gasteiger partial charge in [-0.15, -0.1) is 0 Å². The Morgan fingerprint density at radius 3 is 2.80 bits per heavy atom. The zero-order chi connectivity index (χ0) is 14.4. The van der Waals surface area contributed by atoms with Crippen molar-refractivity contribution in [2.45, 2.75) is 19.3 Å². The van der Waals surface area contributed by atoms with Gasteiger partial charge in [0.15, 0.2) is 5.75 Å². The number of piperidine rings is 1. The number of ether oxygens (including phenoxy) is 2. The van der Waals surface area contributed by atoms with Gasteiger partial charge in [-0.3, -0.25) is 10.1 Å². The molecule has 1 aromatic carbocycles. The third-order valence-corrected chi connectivity index (χ3v) is 3.60. The van der Waals surface area contributed by atoms with Gasteiger partial charge >= 0.3 is 5.69 Å². The molecule has 110 valence electrons. The highest BCUT2D eigenvalue weighted by Gasteiger charge is 2.16. The van der Waals surface area contributed by atoms with Crippen LogP contribution in [0.3, 0.4) is 0 Å². The number of nitro benzene ring substituents is 1. The topological polar surface area (TPSA) is 73.6 Å². The lowest BCUT2D eigenvalue weighted by Crippen LogP contribution is -2.28. The zero-order valence-electron chi connectivity index (χ0n) is 11.6. The van der Waals surface area contributed by atoms with Crippen molar-refractivity contribution in [3.63, 3.8) is 0 Å². The second-order valence-electron chi connectivity index (χ2n) is 4.92. The van der Waals surface area contributed by atoms with Gasteiger partial charge in [-0.05, 0) is 50.4 Å². The standard InChI is InChI=1S/C14H20N2O4/c1-19-14-3-2-12(10-13(14)16(17)18)20-9-6-11-4-7-15-8-5-11/h2-3,10-11,15H,4-9H2,1H3. The Morgan fingerprint density at radius 2 is 2.15 bits per heavy atom. The van der Waals surface area contributed by atoms with Crippen molar-refractivity contribution in [1.29, 1.82) is 0 Å². The summed E-state index contributed by atoms with van der Waals surface area (Å²) in [7, 11) is 1.42. The minimum absolute atomic E-state index is 0.0631. The lowest BCUT2D eigenvalue weighted by atomic mass is 9.95. The molecule has 1 fully saturated rings. The number of methoxy groups -OCH3 is 1. The average Bonchev–Trinajstić information content (AvgIpc) is 2.48. The molecule has 1 saturated heterocycles. The van der Waals surface area contributed by atoms with E-state index in [9.17, 15) is 10.1 Å². The average molecular weight is 280 g/mol. The minimum Gasteiger partial charge on any atom is -0.493 e. The Labute approximate surface area is 118 Å². The molecule has 0 aliphatic carbocycles. The van der Waals surface area contributed by atoms with Gasteiger partial charge in [-0.2, -0.15) is 0 Å². The van der Waals surface area contributed by atoms with E-state index in [0.717, 1.165) is 19.5 Å². The molecule has 1 aliphatic heterocycles. The first-order chi connectivity index (χ1) is 9.70. The van der Waals surface area contributed by atoms with E-state index in [2.05, 4.69) is 5.32 Å². The molecule has 6 nitrogen and oxygen atoms in total. The third-order valence-electron chi connectivity index (χ3n) is 3.60. The summed E-state index contributed by atoms with van der Waals surface area (Å²) >= 11 is 0. The van der Waals surface area contributed by atoms with Crippen molar-refractivity contribution in [2.75, 3.05) is 26.8 Å². The molecule has 1 heterocycles. The first-order valence-electron chi connectivity index (χ1n) is 6.86. The van der Waals surface area contributed by atoms with Gasteiger partial charge < -0.3 is 14.8 Å². The van der Waals surface area contributed by atoms with Gasteiger partial charge in [0.2, 0.25) is 0 Å². The predicted molar refractivity (Wildman–Crippen MR) is 75.4 cm³/mol. The molecule has 1 N–H and O–H groups in total. The lowest BCUT2D eigenvalue weighted by Gasteiger charge is -2.22.